The van der Waals surface area contributed by atoms with E-state index in [0.717, 1.165) is 10.8 Å². The summed E-state index contributed by atoms with van der Waals surface area (Å²) in [6, 6.07) is 6.69. The summed E-state index contributed by atoms with van der Waals surface area (Å²) in [4.78, 5) is 33.5. The largest absolute Gasteiger partial charge is 0.506 e. The van der Waals surface area contributed by atoms with Gasteiger partial charge in [0.25, 0.3) is 5.56 Å². The lowest BCUT2D eigenvalue weighted by molar-refractivity contribution is -0.122. The van der Waals surface area contributed by atoms with E-state index in [1.54, 1.807) is 19.9 Å². The maximum absolute atomic E-state index is 13.0. The Bertz CT molecular complexity index is 1120. The first-order valence-corrected chi connectivity index (χ1v) is 8.68. The Morgan fingerprint density at radius 2 is 2.07 bits per heavy atom. The number of alkyl halides is 2. The van der Waals surface area contributed by atoms with Crippen LogP contribution in [0.2, 0.25) is 0 Å². The van der Waals surface area contributed by atoms with E-state index in [1.165, 1.54) is 24.3 Å². The van der Waals surface area contributed by atoms with Gasteiger partial charge in [0, 0.05) is 11.6 Å². The van der Waals surface area contributed by atoms with Crippen molar-refractivity contribution in [2.45, 2.75) is 33.0 Å². The van der Waals surface area contributed by atoms with Crippen molar-refractivity contribution < 1.29 is 23.4 Å². The van der Waals surface area contributed by atoms with Gasteiger partial charge >= 0.3 is 6.61 Å². The fourth-order valence-corrected chi connectivity index (χ4v) is 2.78. The van der Waals surface area contributed by atoms with Crippen LogP contribution in [0, 0.1) is 0 Å². The number of hydrogen-bond acceptors (Lipinski definition) is 6. The van der Waals surface area contributed by atoms with E-state index in [4.69, 9.17) is 0 Å². The fraction of sp³-hybridized carbons (Fsp3) is 0.263. The third kappa shape index (κ3) is 4.65. The lowest BCUT2D eigenvalue weighted by Gasteiger charge is -2.15. The SMILES string of the molecule is CC(C)NC(=O)Cn1c(-c2cccc(OC(F)F)c2)nc2ncc(O)cc2c1=O. The van der Waals surface area contributed by atoms with Crippen molar-refractivity contribution >= 4 is 16.9 Å². The Morgan fingerprint density at radius 3 is 2.76 bits per heavy atom. The normalized spacial score (nSPS) is 11.2. The summed E-state index contributed by atoms with van der Waals surface area (Å²) < 4.78 is 30.6. The highest BCUT2D eigenvalue weighted by Crippen LogP contribution is 2.24. The van der Waals surface area contributed by atoms with Crippen molar-refractivity contribution in [1.29, 1.82) is 0 Å². The Hall–Kier alpha value is -3.56. The molecule has 0 spiro atoms. The molecule has 2 heterocycles. The molecule has 29 heavy (non-hydrogen) atoms. The zero-order valence-electron chi connectivity index (χ0n) is 15.6. The third-order valence-electron chi connectivity index (χ3n) is 3.86. The monoisotopic (exact) mass is 404 g/mol. The number of ether oxygens (including phenoxy) is 1. The number of halogens is 2. The van der Waals surface area contributed by atoms with Gasteiger partial charge in [-0.3, -0.25) is 14.2 Å². The quantitative estimate of drug-likeness (QED) is 0.653. The first-order chi connectivity index (χ1) is 13.7. The summed E-state index contributed by atoms with van der Waals surface area (Å²) in [5.74, 6) is -0.727. The van der Waals surface area contributed by atoms with Crippen LogP contribution in [-0.4, -0.2) is 38.2 Å². The second kappa shape index (κ2) is 8.21. The molecule has 1 amide bonds. The number of carbonyl (C=O) groups excluding carboxylic acids is 1. The van der Waals surface area contributed by atoms with Gasteiger partial charge in [-0.2, -0.15) is 8.78 Å². The van der Waals surface area contributed by atoms with Gasteiger partial charge in [-0.15, -0.1) is 0 Å². The smallest absolute Gasteiger partial charge is 0.387 e. The molecule has 0 aliphatic heterocycles. The standard InChI is InChI=1S/C19H18F2N4O4/c1-10(2)23-15(27)9-25-17(11-4-3-5-13(6-11)29-19(20)21)24-16-14(18(25)28)7-12(26)8-22-16/h3-8,10,19,26H,9H2,1-2H3,(H,23,27). The van der Waals surface area contributed by atoms with Crippen LogP contribution in [0.3, 0.4) is 0 Å². The molecule has 0 radical (unpaired) electrons. The average molecular weight is 404 g/mol. The van der Waals surface area contributed by atoms with E-state index < -0.39 is 18.1 Å². The maximum atomic E-state index is 13.0. The summed E-state index contributed by atoms with van der Waals surface area (Å²) in [7, 11) is 0. The van der Waals surface area contributed by atoms with Crippen LogP contribution in [0.5, 0.6) is 11.5 Å². The lowest BCUT2D eigenvalue weighted by Crippen LogP contribution is -2.37. The molecule has 3 rings (SSSR count). The van der Waals surface area contributed by atoms with Crippen LogP contribution >= 0.6 is 0 Å². The van der Waals surface area contributed by atoms with Crippen LogP contribution in [0.15, 0.2) is 41.3 Å². The van der Waals surface area contributed by atoms with Gasteiger partial charge < -0.3 is 15.2 Å². The second-order valence-electron chi connectivity index (χ2n) is 6.52. The van der Waals surface area contributed by atoms with Gasteiger partial charge in [-0.05, 0) is 32.0 Å². The Balaban J connectivity index is 2.19. The van der Waals surface area contributed by atoms with Crippen molar-refractivity contribution in [3.05, 3.63) is 46.9 Å². The second-order valence-corrected chi connectivity index (χ2v) is 6.52. The first kappa shape index (κ1) is 20.2. The van der Waals surface area contributed by atoms with Crippen LogP contribution in [0.1, 0.15) is 13.8 Å². The van der Waals surface area contributed by atoms with Crippen molar-refractivity contribution in [1.82, 2.24) is 19.9 Å². The summed E-state index contributed by atoms with van der Waals surface area (Å²) in [5, 5.41) is 12.3. The predicted molar refractivity (Wildman–Crippen MR) is 101 cm³/mol. The lowest BCUT2D eigenvalue weighted by atomic mass is 10.2. The fourth-order valence-electron chi connectivity index (χ4n) is 2.78. The zero-order chi connectivity index (χ0) is 21.1. The van der Waals surface area contributed by atoms with Gasteiger partial charge in [-0.25, -0.2) is 9.97 Å². The molecule has 0 aliphatic rings. The molecule has 2 N–H and O–H groups in total. The van der Waals surface area contributed by atoms with Crippen molar-refractivity contribution in [2.24, 2.45) is 0 Å². The van der Waals surface area contributed by atoms with Crippen LogP contribution in [0.25, 0.3) is 22.4 Å². The van der Waals surface area contributed by atoms with E-state index in [0.29, 0.717) is 0 Å². The predicted octanol–water partition coefficient (Wildman–Crippen LogP) is 2.29. The van der Waals surface area contributed by atoms with Crippen molar-refractivity contribution in [3.63, 3.8) is 0 Å². The van der Waals surface area contributed by atoms with Crippen LogP contribution < -0.4 is 15.6 Å². The Morgan fingerprint density at radius 1 is 1.31 bits per heavy atom. The maximum Gasteiger partial charge on any atom is 0.387 e. The molecule has 1 aromatic carbocycles. The summed E-state index contributed by atoms with van der Waals surface area (Å²) in [6.07, 6.45) is 1.13. The van der Waals surface area contributed by atoms with Gasteiger partial charge in [-0.1, -0.05) is 12.1 Å². The average Bonchev–Trinajstić information content (AvgIpc) is 2.63. The molecule has 0 atom stereocenters. The van der Waals surface area contributed by atoms with Crippen molar-refractivity contribution in [2.75, 3.05) is 0 Å². The molecule has 0 fully saturated rings. The highest BCUT2D eigenvalue weighted by molar-refractivity contribution is 5.80. The highest BCUT2D eigenvalue weighted by atomic mass is 19.3. The summed E-state index contributed by atoms with van der Waals surface area (Å²) in [5.41, 5.74) is -0.273. The molecular weight excluding hydrogens is 386 g/mol. The highest BCUT2D eigenvalue weighted by Gasteiger charge is 2.18. The van der Waals surface area contributed by atoms with Gasteiger partial charge in [0.05, 0.1) is 11.6 Å². The molecule has 0 saturated heterocycles. The molecule has 8 nitrogen and oxygen atoms in total. The summed E-state index contributed by atoms with van der Waals surface area (Å²) in [6.45, 7) is 0.171. The minimum absolute atomic E-state index is 0.0195. The number of rotatable bonds is 6. The van der Waals surface area contributed by atoms with Gasteiger partial charge in [0.2, 0.25) is 5.91 Å². The molecule has 2 aromatic heterocycles. The Labute approximate surface area is 163 Å². The third-order valence-corrected chi connectivity index (χ3v) is 3.86. The van der Waals surface area contributed by atoms with Crippen molar-refractivity contribution in [3.8, 4) is 22.9 Å². The zero-order valence-corrected chi connectivity index (χ0v) is 15.6. The number of aromatic hydroxyl groups is 1. The number of pyridine rings is 1. The molecule has 3 aromatic rings. The number of benzene rings is 1. The molecule has 152 valence electrons. The van der Waals surface area contributed by atoms with Gasteiger partial charge in [0.1, 0.15) is 23.9 Å². The minimum atomic E-state index is -3.02. The number of aromatic nitrogens is 3. The molecule has 0 saturated carbocycles. The molecule has 10 heteroatoms. The minimum Gasteiger partial charge on any atom is -0.506 e. The Kier molecular flexibility index (Phi) is 5.71. The number of nitrogens with zero attached hydrogens (tertiary/aromatic N) is 3. The van der Waals surface area contributed by atoms with E-state index >= 15 is 0 Å². The first-order valence-electron chi connectivity index (χ1n) is 8.68. The summed E-state index contributed by atoms with van der Waals surface area (Å²) >= 11 is 0. The van der Waals surface area contributed by atoms with E-state index in [2.05, 4.69) is 20.0 Å². The molecule has 0 aliphatic carbocycles. The topological polar surface area (TPSA) is 106 Å². The van der Waals surface area contributed by atoms with Crippen LogP contribution in [0.4, 0.5) is 8.78 Å². The number of amides is 1. The number of carbonyl (C=O) groups is 1. The molecule has 0 bridgehead atoms. The molecular formula is C19H18F2N4O4. The number of fused-ring (bicyclic) bond motifs is 1. The van der Waals surface area contributed by atoms with Crippen LogP contribution in [-0.2, 0) is 11.3 Å². The molecule has 0 unspecified atom stereocenters. The van der Waals surface area contributed by atoms with E-state index in [9.17, 15) is 23.5 Å². The number of hydrogen-bond donors (Lipinski definition) is 2. The van der Waals surface area contributed by atoms with E-state index in [-0.39, 0.29) is 46.5 Å². The van der Waals surface area contributed by atoms with Gasteiger partial charge in [0.15, 0.2) is 5.65 Å². The van der Waals surface area contributed by atoms with E-state index in [1.807, 2.05) is 0 Å². The number of nitrogens with one attached hydrogen (secondary N) is 1.